The minimum absolute atomic E-state index is 0.271. The van der Waals surface area contributed by atoms with Crippen LogP contribution in [0, 0.1) is 0 Å². The molecule has 146 valence electrons. The topological polar surface area (TPSA) is 70.0 Å². The number of Topliss-reactive ketones (excluding diaryl/α,β-unsaturated/α-hetero) is 1. The monoisotopic (exact) mass is 379 g/mol. The van der Waals surface area contributed by atoms with Crippen molar-refractivity contribution < 1.29 is 19.7 Å². The number of piperidine rings is 1. The Labute approximate surface area is 164 Å². The highest BCUT2D eigenvalue weighted by Crippen LogP contribution is 2.59. The highest BCUT2D eigenvalue weighted by atomic mass is 16.7. The van der Waals surface area contributed by atoms with E-state index in [4.69, 9.17) is 4.74 Å². The standard InChI is InChI=1S/C23H25NO4/c1-14(2)15-9-10-16-19(13-15)28-23(27)17-7-6-8-18(24-11-4-3-5-12-24)20(17)21(25)22(16,23)26/h6-10,13-14,26-27H,3-5,11-12H2,1-2H3. The van der Waals surface area contributed by atoms with Gasteiger partial charge < -0.3 is 19.8 Å². The van der Waals surface area contributed by atoms with Crippen molar-refractivity contribution in [1.29, 1.82) is 0 Å². The fourth-order valence-electron chi connectivity index (χ4n) is 4.86. The Balaban J connectivity index is 1.67. The van der Waals surface area contributed by atoms with Crippen molar-refractivity contribution in [3.63, 3.8) is 0 Å². The number of nitrogens with zero attached hydrogens (tertiary/aromatic N) is 1. The number of carbonyl (C=O) groups is 1. The second kappa shape index (κ2) is 5.82. The molecule has 0 bridgehead atoms. The second-order valence-corrected chi connectivity index (χ2v) is 8.44. The number of hydrogen-bond donors (Lipinski definition) is 2. The molecule has 5 heteroatoms. The number of anilines is 1. The van der Waals surface area contributed by atoms with Crippen LogP contribution in [-0.4, -0.2) is 29.1 Å². The van der Waals surface area contributed by atoms with Crippen LogP contribution in [0.3, 0.4) is 0 Å². The van der Waals surface area contributed by atoms with Gasteiger partial charge in [0.1, 0.15) is 5.75 Å². The number of fused-ring (bicyclic) bond motifs is 5. The lowest BCUT2D eigenvalue weighted by atomic mass is 9.86. The van der Waals surface area contributed by atoms with Crippen LogP contribution in [0.4, 0.5) is 5.69 Å². The van der Waals surface area contributed by atoms with Gasteiger partial charge in [-0.25, -0.2) is 0 Å². The minimum atomic E-state index is -2.12. The molecule has 2 aliphatic heterocycles. The summed E-state index contributed by atoms with van der Waals surface area (Å²) in [5, 5.41) is 23.0. The predicted octanol–water partition coefficient (Wildman–Crippen LogP) is 3.42. The maximum absolute atomic E-state index is 13.5. The Morgan fingerprint density at radius 3 is 2.50 bits per heavy atom. The lowest BCUT2D eigenvalue weighted by Gasteiger charge is -2.30. The summed E-state index contributed by atoms with van der Waals surface area (Å²) in [5.74, 6) is -1.93. The van der Waals surface area contributed by atoms with Crippen molar-refractivity contribution in [3.05, 3.63) is 58.7 Å². The van der Waals surface area contributed by atoms with Gasteiger partial charge in [-0.1, -0.05) is 38.1 Å². The third kappa shape index (κ3) is 2.06. The van der Waals surface area contributed by atoms with Gasteiger partial charge in [-0.05, 0) is 42.9 Å². The van der Waals surface area contributed by atoms with E-state index < -0.39 is 17.2 Å². The summed E-state index contributed by atoms with van der Waals surface area (Å²) in [4.78, 5) is 15.7. The Morgan fingerprint density at radius 2 is 1.79 bits per heavy atom. The van der Waals surface area contributed by atoms with Gasteiger partial charge in [0, 0.05) is 29.9 Å². The number of rotatable bonds is 2. The summed E-state index contributed by atoms with van der Waals surface area (Å²) in [5.41, 5.74) is 0.762. The van der Waals surface area contributed by atoms with Gasteiger partial charge >= 0.3 is 0 Å². The molecule has 2 N–H and O–H groups in total. The quantitative estimate of drug-likeness (QED) is 0.837. The van der Waals surface area contributed by atoms with Crippen molar-refractivity contribution in [3.8, 4) is 5.75 Å². The second-order valence-electron chi connectivity index (χ2n) is 8.44. The molecule has 2 aromatic carbocycles. The average Bonchev–Trinajstić information content (AvgIpc) is 3.04. The number of hydrogen-bond acceptors (Lipinski definition) is 5. The summed E-state index contributed by atoms with van der Waals surface area (Å²) in [7, 11) is 0. The summed E-state index contributed by atoms with van der Waals surface area (Å²) >= 11 is 0. The first-order valence-corrected chi connectivity index (χ1v) is 10.1. The van der Waals surface area contributed by atoms with Gasteiger partial charge in [-0.2, -0.15) is 0 Å². The van der Waals surface area contributed by atoms with E-state index in [1.165, 1.54) is 6.42 Å². The Bertz CT molecular complexity index is 979. The molecule has 2 heterocycles. The Morgan fingerprint density at radius 1 is 1.04 bits per heavy atom. The van der Waals surface area contributed by atoms with E-state index in [2.05, 4.69) is 18.7 Å². The van der Waals surface area contributed by atoms with Crippen molar-refractivity contribution in [2.45, 2.75) is 50.4 Å². The highest BCUT2D eigenvalue weighted by molar-refractivity contribution is 6.13. The maximum Gasteiger partial charge on any atom is 0.276 e. The van der Waals surface area contributed by atoms with E-state index in [0.29, 0.717) is 22.4 Å². The normalized spacial score (nSPS) is 28.2. The minimum Gasteiger partial charge on any atom is -0.454 e. The zero-order valence-electron chi connectivity index (χ0n) is 16.2. The van der Waals surface area contributed by atoms with E-state index in [0.717, 1.165) is 37.2 Å². The number of aliphatic hydroxyl groups is 2. The predicted molar refractivity (Wildman–Crippen MR) is 106 cm³/mol. The molecule has 2 unspecified atom stereocenters. The zero-order valence-corrected chi connectivity index (χ0v) is 16.2. The summed E-state index contributed by atoms with van der Waals surface area (Å²) in [6.07, 6.45) is 3.33. The molecule has 2 atom stereocenters. The smallest absolute Gasteiger partial charge is 0.276 e. The number of ether oxygens (including phenoxy) is 1. The number of ketones is 1. The van der Waals surface area contributed by atoms with Crippen LogP contribution in [0.1, 0.15) is 66.1 Å². The van der Waals surface area contributed by atoms with Crippen LogP contribution in [0.25, 0.3) is 0 Å². The first-order chi connectivity index (χ1) is 13.4. The van der Waals surface area contributed by atoms with Gasteiger partial charge in [0.25, 0.3) is 5.79 Å². The molecule has 1 aliphatic carbocycles. The van der Waals surface area contributed by atoms with Gasteiger partial charge in [0.15, 0.2) is 0 Å². The molecule has 0 spiro atoms. The van der Waals surface area contributed by atoms with Crippen LogP contribution in [0.2, 0.25) is 0 Å². The fourth-order valence-corrected chi connectivity index (χ4v) is 4.86. The highest BCUT2D eigenvalue weighted by Gasteiger charge is 2.71. The molecule has 5 rings (SSSR count). The van der Waals surface area contributed by atoms with Crippen LogP contribution in [0.5, 0.6) is 5.75 Å². The van der Waals surface area contributed by atoms with Crippen LogP contribution < -0.4 is 9.64 Å². The Hall–Kier alpha value is -2.37. The van der Waals surface area contributed by atoms with Crippen molar-refractivity contribution in [2.75, 3.05) is 18.0 Å². The lowest BCUT2D eigenvalue weighted by Crippen LogP contribution is -2.48. The Kier molecular flexibility index (Phi) is 3.68. The third-order valence-corrected chi connectivity index (χ3v) is 6.47. The molecule has 1 fully saturated rings. The first-order valence-electron chi connectivity index (χ1n) is 10.1. The zero-order chi connectivity index (χ0) is 19.7. The molecular weight excluding hydrogens is 354 g/mol. The summed E-state index contributed by atoms with van der Waals surface area (Å²) < 4.78 is 5.92. The molecule has 1 saturated heterocycles. The molecule has 0 saturated carbocycles. The molecular formula is C23H25NO4. The van der Waals surface area contributed by atoms with Crippen LogP contribution in [0.15, 0.2) is 36.4 Å². The summed E-state index contributed by atoms with van der Waals surface area (Å²) in [6, 6.07) is 10.8. The van der Waals surface area contributed by atoms with E-state index >= 15 is 0 Å². The maximum atomic E-state index is 13.5. The summed E-state index contributed by atoms with van der Waals surface area (Å²) in [6.45, 7) is 5.87. The van der Waals surface area contributed by atoms with E-state index in [1.54, 1.807) is 12.1 Å². The molecule has 2 aromatic rings. The van der Waals surface area contributed by atoms with Gasteiger partial charge in [-0.3, -0.25) is 4.79 Å². The SMILES string of the molecule is CC(C)c1ccc2c(c1)OC1(O)c3cccc(N4CCCCC4)c3C(=O)C21O. The molecule has 28 heavy (non-hydrogen) atoms. The van der Waals surface area contributed by atoms with E-state index in [1.807, 2.05) is 24.3 Å². The third-order valence-electron chi connectivity index (χ3n) is 6.47. The molecule has 5 nitrogen and oxygen atoms in total. The van der Waals surface area contributed by atoms with Gasteiger partial charge in [0.2, 0.25) is 11.4 Å². The van der Waals surface area contributed by atoms with Crippen LogP contribution in [-0.2, 0) is 11.4 Å². The first kappa shape index (κ1) is 17.7. The molecule has 3 aliphatic rings. The molecule has 0 amide bonds. The van der Waals surface area contributed by atoms with Gasteiger partial charge in [-0.15, -0.1) is 0 Å². The van der Waals surface area contributed by atoms with Crippen molar-refractivity contribution >= 4 is 11.5 Å². The van der Waals surface area contributed by atoms with Crippen LogP contribution >= 0.6 is 0 Å². The van der Waals surface area contributed by atoms with E-state index in [9.17, 15) is 15.0 Å². The molecule has 0 aromatic heterocycles. The van der Waals surface area contributed by atoms with Crippen molar-refractivity contribution in [1.82, 2.24) is 0 Å². The van der Waals surface area contributed by atoms with Crippen molar-refractivity contribution in [2.24, 2.45) is 0 Å². The van der Waals surface area contributed by atoms with Gasteiger partial charge in [0.05, 0.1) is 5.56 Å². The average molecular weight is 379 g/mol. The van der Waals surface area contributed by atoms with E-state index in [-0.39, 0.29) is 5.92 Å². The molecule has 0 radical (unpaired) electrons. The number of carbonyl (C=O) groups excluding carboxylic acids is 1. The lowest BCUT2D eigenvalue weighted by molar-refractivity contribution is -0.224. The number of benzene rings is 2. The fraction of sp³-hybridized carbons (Fsp3) is 0.435. The largest absolute Gasteiger partial charge is 0.454 e.